The van der Waals surface area contributed by atoms with E-state index in [9.17, 15) is 20.0 Å². The third-order valence-electron chi connectivity index (χ3n) is 4.62. The zero-order valence-corrected chi connectivity index (χ0v) is 13.9. The molecule has 0 unspecified atom stereocenters. The van der Waals surface area contributed by atoms with Crippen LogP contribution in [0.25, 0.3) is 0 Å². The van der Waals surface area contributed by atoms with Crippen molar-refractivity contribution in [1.29, 1.82) is 0 Å². The van der Waals surface area contributed by atoms with Crippen LogP contribution in [0.2, 0.25) is 0 Å². The van der Waals surface area contributed by atoms with Gasteiger partial charge in [0.15, 0.2) is 5.82 Å². The molecule has 0 aliphatic heterocycles. The number of anilines is 1. The molecule has 132 valence electrons. The van der Waals surface area contributed by atoms with Gasteiger partial charge in [-0.15, -0.1) is 0 Å². The standard InChI is InChI=1S/C17H20N4O4/c1-20-9-8-18-16(20)15(22)12-4-5-13(14(10-12)21(24)25)19-11-17(23)6-2-3-7-17/h4-5,8-10,19,23H,2-3,6-7,11H2,1H3. The molecule has 0 bridgehead atoms. The monoisotopic (exact) mass is 344 g/mol. The third kappa shape index (κ3) is 3.53. The third-order valence-corrected chi connectivity index (χ3v) is 4.62. The maximum atomic E-state index is 12.5. The van der Waals surface area contributed by atoms with Crippen LogP contribution < -0.4 is 5.32 Å². The van der Waals surface area contributed by atoms with Crippen molar-refractivity contribution in [2.75, 3.05) is 11.9 Å². The largest absolute Gasteiger partial charge is 0.388 e. The molecule has 1 saturated carbocycles. The number of hydrogen-bond donors (Lipinski definition) is 2. The molecule has 3 rings (SSSR count). The van der Waals surface area contributed by atoms with Gasteiger partial charge in [-0.25, -0.2) is 4.98 Å². The fourth-order valence-corrected chi connectivity index (χ4v) is 3.16. The minimum Gasteiger partial charge on any atom is -0.388 e. The number of aryl methyl sites for hydroxylation is 1. The SMILES string of the molecule is Cn1ccnc1C(=O)c1ccc(NCC2(O)CCCC2)c([N+](=O)[O-])c1. The van der Waals surface area contributed by atoms with Crippen LogP contribution in [-0.4, -0.2) is 37.5 Å². The Labute approximate surface area is 144 Å². The lowest BCUT2D eigenvalue weighted by molar-refractivity contribution is -0.384. The molecule has 1 aliphatic rings. The number of nitrogens with zero attached hydrogens (tertiary/aromatic N) is 3. The number of imidazole rings is 1. The normalized spacial score (nSPS) is 15.9. The van der Waals surface area contributed by atoms with Crippen LogP contribution in [0.15, 0.2) is 30.6 Å². The van der Waals surface area contributed by atoms with E-state index < -0.39 is 10.5 Å². The molecule has 8 heteroatoms. The second kappa shape index (κ2) is 6.64. The summed E-state index contributed by atoms with van der Waals surface area (Å²) in [5.41, 5.74) is -0.524. The average molecular weight is 344 g/mol. The summed E-state index contributed by atoms with van der Waals surface area (Å²) in [6.07, 6.45) is 6.42. The van der Waals surface area contributed by atoms with Gasteiger partial charge in [-0.1, -0.05) is 12.8 Å². The number of rotatable bonds is 6. The van der Waals surface area contributed by atoms with Crippen molar-refractivity contribution in [2.24, 2.45) is 7.05 Å². The summed E-state index contributed by atoms with van der Waals surface area (Å²) < 4.78 is 1.57. The van der Waals surface area contributed by atoms with Crippen LogP contribution in [0.1, 0.15) is 41.9 Å². The first kappa shape index (κ1) is 17.1. The first-order valence-corrected chi connectivity index (χ1v) is 8.16. The number of aromatic nitrogens is 2. The van der Waals surface area contributed by atoms with E-state index in [4.69, 9.17) is 0 Å². The van der Waals surface area contributed by atoms with Gasteiger partial charge >= 0.3 is 0 Å². The minimum atomic E-state index is -0.824. The molecule has 0 saturated heterocycles. The number of nitro groups is 1. The van der Waals surface area contributed by atoms with E-state index in [2.05, 4.69) is 10.3 Å². The summed E-state index contributed by atoms with van der Waals surface area (Å²) in [5.74, 6) is -0.160. The number of carbonyl (C=O) groups excluding carboxylic acids is 1. The van der Waals surface area contributed by atoms with E-state index >= 15 is 0 Å². The highest BCUT2D eigenvalue weighted by Crippen LogP contribution is 2.32. The number of carbonyl (C=O) groups is 1. The Morgan fingerprint density at radius 1 is 1.44 bits per heavy atom. The van der Waals surface area contributed by atoms with Gasteiger partial charge in [-0.3, -0.25) is 14.9 Å². The van der Waals surface area contributed by atoms with Gasteiger partial charge in [0, 0.05) is 37.6 Å². The number of nitrogens with one attached hydrogen (secondary N) is 1. The van der Waals surface area contributed by atoms with Gasteiger partial charge in [-0.2, -0.15) is 0 Å². The summed E-state index contributed by atoms with van der Waals surface area (Å²) in [6.45, 7) is 0.250. The van der Waals surface area contributed by atoms with Crippen LogP contribution in [-0.2, 0) is 7.05 Å². The lowest BCUT2D eigenvalue weighted by atomic mass is 10.0. The van der Waals surface area contributed by atoms with Gasteiger partial charge < -0.3 is 15.0 Å². The summed E-state index contributed by atoms with van der Waals surface area (Å²) in [5, 5.41) is 24.7. The summed E-state index contributed by atoms with van der Waals surface area (Å²) in [7, 11) is 1.69. The molecule has 25 heavy (non-hydrogen) atoms. The zero-order chi connectivity index (χ0) is 18.0. The number of ketones is 1. The number of hydrogen-bond acceptors (Lipinski definition) is 6. The van der Waals surface area contributed by atoms with Crippen molar-refractivity contribution in [3.63, 3.8) is 0 Å². The maximum absolute atomic E-state index is 12.5. The minimum absolute atomic E-state index is 0.193. The van der Waals surface area contributed by atoms with Crippen molar-refractivity contribution < 1.29 is 14.8 Å². The Balaban J connectivity index is 1.84. The molecule has 2 aromatic rings. The molecular formula is C17H20N4O4. The second-order valence-electron chi connectivity index (χ2n) is 6.46. The first-order chi connectivity index (χ1) is 11.9. The van der Waals surface area contributed by atoms with Crippen LogP contribution >= 0.6 is 0 Å². The molecule has 1 heterocycles. The van der Waals surface area contributed by atoms with Crippen molar-refractivity contribution in [3.05, 3.63) is 52.1 Å². The Morgan fingerprint density at radius 3 is 2.76 bits per heavy atom. The van der Waals surface area contributed by atoms with E-state index in [-0.39, 0.29) is 29.4 Å². The zero-order valence-electron chi connectivity index (χ0n) is 13.9. The Kier molecular flexibility index (Phi) is 4.54. The van der Waals surface area contributed by atoms with Gasteiger partial charge in [0.05, 0.1) is 10.5 Å². The van der Waals surface area contributed by atoms with Crippen LogP contribution in [0.5, 0.6) is 0 Å². The van der Waals surface area contributed by atoms with Crippen LogP contribution in [0.4, 0.5) is 11.4 Å². The highest BCUT2D eigenvalue weighted by Gasteiger charge is 2.31. The predicted octanol–water partition coefficient (Wildman–Crippen LogP) is 2.28. The van der Waals surface area contributed by atoms with E-state index in [1.807, 2.05) is 0 Å². The molecule has 8 nitrogen and oxygen atoms in total. The van der Waals surface area contributed by atoms with Crippen molar-refractivity contribution in [1.82, 2.24) is 9.55 Å². The average Bonchev–Trinajstić information content (AvgIpc) is 3.21. The summed E-state index contributed by atoms with van der Waals surface area (Å²) in [6, 6.07) is 4.29. The quantitative estimate of drug-likeness (QED) is 0.472. The van der Waals surface area contributed by atoms with Gasteiger partial charge in [0.2, 0.25) is 5.78 Å². The van der Waals surface area contributed by atoms with Crippen LogP contribution in [0.3, 0.4) is 0 Å². The van der Waals surface area contributed by atoms with E-state index in [1.165, 1.54) is 24.4 Å². The Bertz CT molecular complexity index is 809. The van der Waals surface area contributed by atoms with E-state index in [0.717, 1.165) is 12.8 Å². The first-order valence-electron chi connectivity index (χ1n) is 8.16. The molecule has 0 spiro atoms. The lowest BCUT2D eigenvalue weighted by Gasteiger charge is -2.23. The Morgan fingerprint density at radius 2 is 2.16 bits per heavy atom. The van der Waals surface area contributed by atoms with E-state index in [0.29, 0.717) is 18.5 Å². The topological polar surface area (TPSA) is 110 Å². The highest BCUT2D eigenvalue weighted by molar-refractivity contribution is 6.07. The van der Waals surface area contributed by atoms with Crippen molar-refractivity contribution >= 4 is 17.2 Å². The molecular weight excluding hydrogens is 324 g/mol. The molecule has 2 N–H and O–H groups in total. The van der Waals surface area contributed by atoms with Crippen LogP contribution in [0, 0.1) is 10.1 Å². The lowest BCUT2D eigenvalue weighted by Crippen LogP contribution is -2.33. The summed E-state index contributed by atoms with van der Waals surface area (Å²) >= 11 is 0. The highest BCUT2D eigenvalue weighted by atomic mass is 16.6. The molecule has 0 radical (unpaired) electrons. The second-order valence-corrected chi connectivity index (χ2v) is 6.46. The molecule has 1 aromatic heterocycles. The van der Waals surface area contributed by atoms with Gasteiger partial charge in [0.25, 0.3) is 5.69 Å². The fraction of sp³-hybridized carbons (Fsp3) is 0.412. The summed E-state index contributed by atoms with van der Waals surface area (Å²) in [4.78, 5) is 27.3. The molecule has 1 aromatic carbocycles. The van der Waals surface area contributed by atoms with Crippen molar-refractivity contribution in [3.8, 4) is 0 Å². The molecule has 0 amide bonds. The van der Waals surface area contributed by atoms with Crippen molar-refractivity contribution in [2.45, 2.75) is 31.3 Å². The predicted molar refractivity (Wildman–Crippen MR) is 91.6 cm³/mol. The molecule has 1 fully saturated rings. The van der Waals surface area contributed by atoms with E-state index in [1.54, 1.807) is 17.8 Å². The van der Waals surface area contributed by atoms with Gasteiger partial charge in [-0.05, 0) is 25.0 Å². The fourth-order valence-electron chi connectivity index (χ4n) is 3.16. The maximum Gasteiger partial charge on any atom is 0.293 e. The molecule has 1 aliphatic carbocycles. The van der Waals surface area contributed by atoms with Gasteiger partial charge in [0.1, 0.15) is 5.69 Å². The number of nitro benzene ring substituents is 1. The Hall–Kier alpha value is -2.74. The number of aliphatic hydroxyl groups is 1. The number of benzene rings is 1. The smallest absolute Gasteiger partial charge is 0.293 e. The molecule has 0 atom stereocenters.